The van der Waals surface area contributed by atoms with Crippen molar-refractivity contribution in [3.8, 4) is 0 Å². The van der Waals surface area contributed by atoms with Gasteiger partial charge in [0.2, 0.25) is 5.43 Å². The van der Waals surface area contributed by atoms with E-state index in [4.69, 9.17) is 4.74 Å². The monoisotopic (exact) mass is 350 g/mol. The van der Waals surface area contributed by atoms with Crippen molar-refractivity contribution in [2.24, 2.45) is 0 Å². The number of ether oxygens (including phenoxy) is 1. The number of hydrogen-bond donors (Lipinski definition) is 0. The summed E-state index contributed by atoms with van der Waals surface area (Å²) in [7, 11) is -1.82. The second-order valence-electron chi connectivity index (χ2n) is 4.13. The van der Waals surface area contributed by atoms with Gasteiger partial charge >= 0.3 is 5.97 Å². The average Bonchev–Trinajstić information content (AvgIpc) is 2.45. The summed E-state index contributed by atoms with van der Waals surface area (Å²) in [6.45, 7) is 1.47. The Morgan fingerprint density at radius 1 is 1.32 bits per heavy atom. The van der Waals surface area contributed by atoms with E-state index in [0.717, 1.165) is 0 Å². The zero-order valence-corrected chi connectivity index (χ0v) is 13.0. The van der Waals surface area contributed by atoms with Crippen molar-refractivity contribution in [2.75, 3.05) is 12.9 Å². The molecular formula is C13H9F3O4S2. The van der Waals surface area contributed by atoms with Gasteiger partial charge in [-0.15, -0.1) is 11.3 Å². The summed E-state index contributed by atoms with van der Waals surface area (Å²) in [6.07, 6.45) is 1.18. The molecule has 0 aliphatic carbocycles. The molecule has 2 rings (SSSR count). The van der Waals surface area contributed by atoms with E-state index in [0.29, 0.717) is 17.4 Å². The molecule has 0 radical (unpaired) electrons. The lowest BCUT2D eigenvalue weighted by molar-refractivity contribution is 0.0521. The van der Waals surface area contributed by atoms with Crippen molar-refractivity contribution in [1.29, 1.82) is 0 Å². The zero-order chi connectivity index (χ0) is 16.6. The molecule has 4 nitrogen and oxygen atoms in total. The van der Waals surface area contributed by atoms with Crippen LogP contribution < -0.4 is 5.43 Å². The van der Waals surface area contributed by atoms with Crippen molar-refractivity contribution < 1.29 is 26.9 Å². The van der Waals surface area contributed by atoms with Gasteiger partial charge in [0, 0.05) is 11.6 Å². The Balaban J connectivity index is 2.97. The van der Waals surface area contributed by atoms with E-state index >= 15 is 0 Å². The number of rotatable bonds is 3. The second kappa shape index (κ2) is 6.17. The molecule has 0 N–H and O–H groups in total. The molecule has 2 aromatic rings. The van der Waals surface area contributed by atoms with Gasteiger partial charge in [-0.3, -0.25) is 9.00 Å². The van der Waals surface area contributed by atoms with Crippen molar-refractivity contribution in [1.82, 2.24) is 0 Å². The molecule has 0 aliphatic heterocycles. The first kappa shape index (κ1) is 16.6. The van der Waals surface area contributed by atoms with E-state index in [1.54, 1.807) is 0 Å². The third kappa shape index (κ3) is 2.66. The highest BCUT2D eigenvalue weighted by Crippen LogP contribution is 2.29. The standard InChI is InChI=1S/C13H9F3O4S2/c1-3-20-12(18)7-10(17)5-4-6(14)8(15)9(16)11(5)21-13(7)22(2)19/h4H,3H2,1-2H3. The molecule has 0 bridgehead atoms. The Morgan fingerprint density at radius 2 is 1.95 bits per heavy atom. The predicted octanol–water partition coefficient (Wildman–Crippen LogP) is 2.59. The van der Waals surface area contributed by atoms with E-state index in [-0.39, 0.29) is 10.8 Å². The fourth-order valence-corrected chi connectivity index (χ4v) is 3.89. The van der Waals surface area contributed by atoms with Gasteiger partial charge in [0.15, 0.2) is 17.5 Å². The van der Waals surface area contributed by atoms with Crippen molar-refractivity contribution >= 4 is 38.2 Å². The smallest absolute Gasteiger partial charge is 0.344 e. The van der Waals surface area contributed by atoms with Crippen LogP contribution in [-0.2, 0) is 15.5 Å². The third-order valence-corrected chi connectivity index (χ3v) is 5.40. The number of halogens is 3. The van der Waals surface area contributed by atoms with E-state index < -0.39 is 55.3 Å². The van der Waals surface area contributed by atoms with Crippen LogP contribution >= 0.6 is 11.3 Å². The number of esters is 1. The first-order valence-corrected chi connectivity index (χ1v) is 8.31. The highest BCUT2D eigenvalue weighted by molar-refractivity contribution is 7.86. The Labute approximate surface area is 129 Å². The van der Waals surface area contributed by atoms with Crippen molar-refractivity contribution in [3.63, 3.8) is 0 Å². The molecular weight excluding hydrogens is 341 g/mol. The topological polar surface area (TPSA) is 60.4 Å². The average molecular weight is 350 g/mol. The van der Waals surface area contributed by atoms with Gasteiger partial charge < -0.3 is 4.74 Å². The molecule has 0 saturated carbocycles. The van der Waals surface area contributed by atoms with E-state index in [9.17, 15) is 27.0 Å². The molecule has 1 aromatic carbocycles. The number of fused-ring (bicyclic) bond motifs is 1. The van der Waals surface area contributed by atoms with E-state index in [1.807, 2.05) is 0 Å². The lowest BCUT2D eigenvalue weighted by atomic mass is 10.2. The summed E-state index contributed by atoms with van der Waals surface area (Å²) in [5, 5.41) is -0.501. The molecule has 0 aliphatic rings. The van der Waals surface area contributed by atoms with Crippen LogP contribution in [0, 0.1) is 17.5 Å². The Hall–Kier alpha value is -1.74. The molecule has 9 heteroatoms. The van der Waals surface area contributed by atoms with Crippen LogP contribution in [-0.4, -0.2) is 23.0 Å². The first-order chi connectivity index (χ1) is 10.3. The van der Waals surface area contributed by atoms with Gasteiger partial charge in [-0.25, -0.2) is 18.0 Å². The fraction of sp³-hybridized carbons (Fsp3) is 0.231. The number of benzene rings is 1. The number of carbonyl (C=O) groups excluding carboxylic acids is 1. The maximum absolute atomic E-state index is 13.8. The summed E-state index contributed by atoms with van der Waals surface area (Å²) in [4.78, 5) is 24.2. The SMILES string of the molecule is CCOC(=O)c1c(S(C)=O)sc2c(F)c(F)c(F)cc2c1=O. The molecule has 0 saturated heterocycles. The largest absolute Gasteiger partial charge is 0.462 e. The predicted molar refractivity (Wildman–Crippen MR) is 76.3 cm³/mol. The van der Waals surface area contributed by atoms with Gasteiger partial charge in [0.1, 0.15) is 9.77 Å². The van der Waals surface area contributed by atoms with Crippen LogP contribution in [0.5, 0.6) is 0 Å². The molecule has 1 atom stereocenters. The number of carbonyl (C=O) groups is 1. The second-order valence-corrected chi connectivity index (χ2v) is 6.73. The summed E-state index contributed by atoms with van der Waals surface area (Å²) in [5.74, 6) is -5.88. The molecule has 22 heavy (non-hydrogen) atoms. The normalized spacial score (nSPS) is 12.4. The van der Waals surface area contributed by atoms with E-state index in [1.165, 1.54) is 13.2 Å². The molecule has 1 heterocycles. The van der Waals surface area contributed by atoms with Gasteiger partial charge in [-0.1, -0.05) is 0 Å². The minimum Gasteiger partial charge on any atom is -0.462 e. The summed E-state index contributed by atoms with van der Waals surface area (Å²) in [5.41, 5.74) is -1.60. The summed E-state index contributed by atoms with van der Waals surface area (Å²) in [6, 6.07) is 0.512. The Morgan fingerprint density at radius 3 is 2.50 bits per heavy atom. The van der Waals surface area contributed by atoms with Crippen LogP contribution in [0.4, 0.5) is 13.2 Å². The third-order valence-electron chi connectivity index (χ3n) is 2.73. The Bertz CT molecular complexity index is 861. The van der Waals surface area contributed by atoms with Crippen molar-refractivity contribution in [2.45, 2.75) is 11.1 Å². The summed E-state index contributed by atoms with van der Waals surface area (Å²) >= 11 is 0.457. The molecule has 1 aromatic heterocycles. The van der Waals surface area contributed by atoms with Gasteiger partial charge in [0.05, 0.1) is 22.1 Å². The lowest BCUT2D eigenvalue weighted by Gasteiger charge is -2.08. The van der Waals surface area contributed by atoms with E-state index in [2.05, 4.69) is 0 Å². The minimum atomic E-state index is -1.82. The molecule has 0 spiro atoms. The lowest BCUT2D eigenvalue weighted by Crippen LogP contribution is -2.20. The zero-order valence-electron chi connectivity index (χ0n) is 11.4. The minimum absolute atomic E-state index is 0.0388. The Kier molecular flexibility index (Phi) is 4.66. The van der Waals surface area contributed by atoms with Gasteiger partial charge in [-0.05, 0) is 13.0 Å². The first-order valence-electron chi connectivity index (χ1n) is 5.94. The van der Waals surface area contributed by atoms with Gasteiger partial charge in [0.25, 0.3) is 0 Å². The molecule has 0 amide bonds. The van der Waals surface area contributed by atoms with Crippen LogP contribution in [0.2, 0.25) is 0 Å². The molecule has 0 fully saturated rings. The van der Waals surface area contributed by atoms with Crippen LogP contribution in [0.15, 0.2) is 15.1 Å². The maximum Gasteiger partial charge on any atom is 0.344 e. The maximum atomic E-state index is 13.8. The van der Waals surface area contributed by atoms with Crippen LogP contribution in [0.25, 0.3) is 10.1 Å². The molecule has 1 unspecified atom stereocenters. The fourth-order valence-electron chi connectivity index (χ4n) is 1.80. The van der Waals surface area contributed by atoms with Crippen molar-refractivity contribution in [3.05, 3.63) is 39.3 Å². The highest BCUT2D eigenvalue weighted by Gasteiger charge is 2.26. The molecule has 118 valence electrons. The quantitative estimate of drug-likeness (QED) is 0.631. The van der Waals surface area contributed by atoms with Gasteiger partial charge in [-0.2, -0.15) is 0 Å². The summed E-state index contributed by atoms with van der Waals surface area (Å²) < 4.78 is 56.1. The van der Waals surface area contributed by atoms with Crippen LogP contribution in [0.1, 0.15) is 17.3 Å². The highest BCUT2D eigenvalue weighted by atomic mass is 32.2. The van der Waals surface area contributed by atoms with Crippen LogP contribution in [0.3, 0.4) is 0 Å². The number of hydrogen-bond acceptors (Lipinski definition) is 5.